The van der Waals surface area contributed by atoms with Crippen LogP contribution >= 0.6 is 0 Å². The van der Waals surface area contributed by atoms with Crippen molar-refractivity contribution in [3.05, 3.63) is 23.2 Å². The summed E-state index contributed by atoms with van der Waals surface area (Å²) >= 11 is 0. The van der Waals surface area contributed by atoms with Crippen LogP contribution in [0, 0.1) is 13.8 Å². The van der Waals surface area contributed by atoms with Crippen LogP contribution in [0.3, 0.4) is 0 Å². The van der Waals surface area contributed by atoms with Gasteiger partial charge in [0.2, 0.25) is 0 Å². The largest absolute Gasteiger partial charge is 0.466 e. The maximum atomic E-state index is 10.1. The van der Waals surface area contributed by atoms with Crippen molar-refractivity contribution >= 4 is 0 Å². The summed E-state index contributed by atoms with van der Waals surface area (Å²) < 4.78 is 10.7. The average Bonchev–Trinajstić information content (AvgIpc) is 2.54. The van der Waals surface area contributed by atoms with E-state index in [0.717, 1.165) is 23.5 Å². The lowest BCUT2D eigenvalue weighted by Gasteiger charge is -2.24. The number of aliphatic hydroxyl groups is 1. The lowest BCUT2D eigenvalue weighted by atomic mass is 9.97. The predicted octanol–water partition coefficient (Wildman–Crippen LogP) is 3.14. The Bertz CT molecular complexity index is 339. The van der Waals surface area contributed by atoms with E-state index in [1.807, 2.05) is 33.8 Å². The Hall–Kier alpha value is -0.800. The van der Waals surface area contributed by atoms with Crippen LogP contribution in [0.15, 0.2) is 10.5 Å². The van der Waals surface area contributed by atoms with Crippen LogP contribution < -0.4 is 0 Å². The van der Waals surface area contributed by atoms with E-state index in [1.165, 1.54) is 0 Å². The highest BCUT2D eigenvalue weighted by molar-refractivity contribution is 5.22. The molecule has 0 radical (unpaired) electrons. The summed E-state index contributed by atoms with van der Waals surface area (Å²) in [4.78, 5) is 0. The van der Waals surface area contributed by atoms with E-state index >= 15 is 0 Å². The Kier molecular flexibility index (Phi) is 4.16. The molecule has 1 atom stereocenters. The first-order chi connectivity index (χ1) is 7.35. The van der Waals surface area contributed by atoms with Gasteiger partial charge in [0, 0.05) is 12.7 Å². The maximum Gasteiger partial charge on any atom is 0.106 e. The fourth-order valence-corrected chi connectivity index (χ4v) is 1.72. The number of aliphatic hydroxyl groups excluding tert-OH is 1. The minimum absolute atomic E-state index is 0.187. The van der Waals surface area contributed by atoms with E-state index in [4.69, 9.17) is 9.15 Å². The molecule has 1 aromatic heterocycles. The third-order valence-corrected chi connectivity index (χ3v) is 3.01. The number of ether oxygens (including phenoxy) is 1. The number of hydrogen-bond acceptors (Lipinski definition) is 3. The van der Waals surface area contributed by atoms with E-state index in [9.17, 15) is 5.11 Å². The van der Waals surface area contributed by atoms with Crippen molar-refractivity contribution in [2.75, 3.05) is 7.11 Å². The number of rotatable bonds is 5. The fraction of sp³-hybridized carbons (Fsp3) is 0.692. The summed E-state index contributed by atoms with van der Waals surface area (Å²) in [6.45, 7) is 7.82. The van der Waals surface area contributed by atoms with Gasteiger partial charge in [0.25, 0.3) is 0 Å². The molecule has 1 aromatic rings. The van der Waals surface area contributed by atoms with Crippen LogP contribution in [0.25, 0.3) is 0 Å². The highest BCUT2D eigenvalue weighted by Crippen LogP contribution is 2.28. The summed E-state index contributed by atoms with van der Waals surface area (Å²) in [5.74, 6) is 1.65. The van der Waals surface area contributed by atoms with Gasteiger partial charge in [0.1, 0.15) is 11.5 Å². The first kappa shape index (κ1) is 13.3. The van der Waals surface area contributed by atoms with Gasteiger partial charge in [-0.15, -0.1) is 0 Å². The van der Waals surface area contributed by atoms with E-state index in [2.05, 4.69) is 0 Å². The van der Waals surface area contributed by atoms with Crippen LogP contribution in [0.5, 0.6) is 0 Å². The zero-order chi connectivity index (χ0) is 12.3. The van der Waals surface area contributed by atoms with E-state index in [-0.39, 0.29) is 5.60 Å². The molecular weight excluding hydrogens is 204 g/mol. The number of methoxy groups -OCH3 is 1. The van der Waals surface area contributed by atoms with Crippen LogP contribution in [-0.4, -0.2) is 17.8 Å². The Labute approximate surface area is 97.4 Å². The molecule has 1 heterocycles. The molecule has 16 heavy (non-hydrogen) atoms. The average molecular weight is 226 g/mol. The van der Waals surface area contributed by atoms with Gasteiger partial charge < -0.3 is 14.3 Å². The molecule has 0 aliphatic carbocycles. The molecule has 1 unspecified atom stereocenters. The van der Waals surface area contributed by atoms with Gasteiger partial charge in [-0.2, -0.15) is 0 Å². The van der Waals surface area contributed by atoms with Crippen molar-refractivity contribution in [3.8, 4) is 0 Å². The summed E-state index contributed by atoms with van der Waals surface area (Å²) in [6, 6.07) is 1.90. The fourth-order valence-electron chi connectivity index (χ4n) is 1.72. The molecule has 3 nitrogen and oxygen atoms in total. The van der Waals surface area contributed by atoms with E-state index in [1.54, 1.807) is 7.11 Å². The summed E-state index contributed by atoms with van der Waals surface area (Å²) in [7, 11) is 1.69. The topological polar surface area (TPSA) is 42.6 Å². The number of aryl methyl sites for hydroxylation is 2. The molecule has 0 saturated heterocycles. The van der Waals surface area contributed by atoms with Crippen molar-refractivity contribution in [3.63, 3.8) is 0 Å². The van der Waals surface area contributed by atoms with Gasteiger partial charge in [0.05, 0.1) is 11.7 Å². The smallest absolute Gasteiger partial charge is 0.106 e. The summed E-state index contributed by atoms with van der Waals surface area (Å²) in [5, 5.41) is 10.1. The first-order valence-electron chi connectivity index (χ1n) is 5.66. The highest BCUT2D eigenvalue weighted by atomic mass is 16.5. The SMILES string of the molecule is COC(C)(C)CCC(O)c1cc(C)oc1C. The Balaban J connectivity index is 2.59. The molecule has 0 bridgehead atoms. The molecule has 1 N–H and O–H groups in total. The number of hydrogen-bond donors (Lipinski definition) is 1. The molecule has 0 aromatic carbocycles. The Morgan fingerprint density at radius 1 is 1.44 bits per heavy atom. The Morgan fingerprint density at radius 3 is 2.50 bits per heavy atom. The molecule has 0 saturated carbocycles. The summed E-state index contributed by atoms with van der Waals surface area (Å²) in [5.41, 5.74) is 0.706. The van der Waals surface area contributed by atoms with Gasteiger partial charge in [-0.25, -0.2) is 0 Å². The normalized spacial score (nSPS) is 14.1. The number of furan rings is 1. The molecule has 0 spiro atoms. The van der Waals surface area contributed by atoms with Crippen LogP contribution in [0.2, 0.25) is 0 Å². The highest BCUT2D eigenvalue weighted by Gasteiger charge is 2.21. The molecular formula is C13H22O3. The second-order valence-electron chi connectivity index (χ2n) is 4.89. The van der Waals surface area contributed by atoms with E-state index in [0.29, 0.717) is 6.42 Å². The van der Waals surface area contributed by atoms with Gasteiger partial charge in [-0.3, -0.25) is 0 Å². The monoisotopic (exact) mass is 226 g/mol. The van der Waals surface area contributed by atoms with E-state index < -0.39 is 6.10 Å². The minimum atomic E-state index is -0.466. The molecule has 3 heteroatoms. The lowest BCUT2D eigenvalue weighted by Crippen LogP contribution is -2.23. The third-order valence-electron chi connectivity index (χ3n) is 3.01. The molecule has 0 aliphatic rings. The van der Waals surface area contributed by atoms with Crippen molar-refractivity contribution in [1.82, 2.24) is 0 Å². The quantitative estimate of drug-likeness (QED) is 0.838. The molecule has 1 rings (SSSR count). The van der Waals surface area contributed by atoms with Crippen molar-refractivity contribution in [1.29, 1.82) is 0 Å². The maximum absolute atomic E-state index is 10.1. The minimum Gasteiger partial charge on any atom is -0.466 e. The van der Waals surface area contributed by atoms with Gasteiger partial charge in [0.15, 0.2) is 0 Å². The Morgan fingerprint density at radius 2 is 2.06 bits per heavy atom. The zero-order valence-corrected chi connectivity index (χ0v) is 10.8. The second-order valence-corrected chi connectivity index (χ2v) is 4.89. The third kappa shape index (κ3) is 3.35. The summed E-state index contributed by atoms with van der Waals surface area (Å²) in [6.07, 6.45) is 1.03. The van der Waals surface area contributed by atoms with Crippen LogP contribution in [0.4, 0.5) is 0 Å². The zero-order valence-electron chi connectivity index (χ0n) is 10.8. The lowest BCUT2D eigenvalue weighted by molar-refractivity contribution is 0.00266. The van der Waals surface area contributed by atoms with Crippen LogP contribution in [0.1, 0.15) is 49.9 Å². The van der Waals surface area contributed by atoms with Gasteiger partial charge in [-0.1, -0.05) is 0 Å². The van der Waals surface area contributed by atoms with Gasteiger partial charge in [-0.05, 0) is 46.6 Å². The van der Waals surface area contributed by atoms with Crippen molar-refractivity contribution in [2.24, 2.45) is 0 Å². The van der Waals surface area contributed by atoms with Crippen molar-refractivity contribution in [2.45, 2.75) is 52.2 Å². The van der Waals surface area contributed by atoms with Crippen LogP contribution in [-0.2, 0) is 4.74 Å². The van der Waals surface area contributed by atoms with Gasteiger partial charge >= 0.3 is 0 Å². The predicted molar refractivity (Wildman–Crippen MR) is 63.5 cm³/mol. The standard InChI is InChI=1S/C13H22O3/c1-9-8-11(10(2)16-9)12(14)6-7-13(3,4)15-5/h8,12,14H,6-7H2,1-5H3. The second kappa shape index (κ2) is 5.02. The first-order valence-corrected chi connectivity index (χ1v) is 5.66. The molecule has 92 valence electrons. The molecule has 0 amide bonds. The molecule has 0 fully saturated rings. The molecule has 0 aliphatic heterocycles. The van der Waals surface area contributed by atoms with Crippen molar-refractivity contribution < 1.29 is 14.3 Å².